The highest BCUT2D eigenvalue weighted by molar-refractivity contribution is 5.96. The lowest BCUT2D eigenvalue weighted by molar-refractivity contribution is -0.117. The molecule has 0 saturated carbocycles. The number of carbonyl (C=O) groups is 1. The van der Waals surface area contributed by atoms with E-state index in [2.05, 4.69) is 41.8 Å². The van der Waals surface area contributed by atoms with E-state index in [1.807, 2.05) is 47.4 Å². The Morgan fingerprint density at radius 2 is 1.77 bits per heavy atom. The quantitative estimate of drug-likeness (QED) is 0.294. The molecule has 1 saturated heterocycles. The summed E-state index contributed by atoms with van der Waals surface area (Å²) in [6.07, 6.45) is 2.36. The molecule has 0 radical (unpaired) electrons. The van der Waals surface area contributed by atoms with Gasteiger partial charge >= 0.3 is 0 Å². The summed E-state index contributed by atoms with van der Waals surface area (Å²) < 4.78 is 13.5. The van der Waals surface area contributed by atoms with Crippen LogP contribution in [0.1, 0.15) is 36.6 Å². The number of unbranched alkanes of at least 4 members (excludes halogenated alkanes) is 1. The van der Waals surface area contributed by atoms with Gasteiger partial charge in [0, 0.05) is 37.2 Å². The molecular weight excluding hydrogens is 438 g/mol. The topological polar surface area (TPSA) is 56.6 Å². The first kappa shape index (κ1) is 23.0. The van der Waals surface area contributed by atoms with Crippen LogP contribution < -0.4 is 14.4 Å². The SMILES string of the molecule is COc1cccc(OCCCCn2c([C@H]3CC(=O)N(c4ccc(C)cc4)C3)nc3ccccc32)c1. The number of anilines is 1. The molecule has 180 valence electrons. The zero-order valence-corrected chi connectivity index (χ0v) is 20.3. The lowest BCUT2D eigenvalue weighted by Crippen LogP contribution is -2.24. The van der Waals surface area contributed by atoms with Crippen molar-refractivity contribution in [3.8, 4) is 11.5 Å². The van der Waals surface area contributed by atoms with Crippen LogP contribution in [-0.2, 0) is 11.3 Å². The maximum absolute atomic E-state index is 12.9. The minimum atomic E-state index is 0.0734. The first-order chi connectivity index (χ1) is 17.1. The number of hydrogen-bond acceptors (Lipinski definition) is 4. The number of hydrogen-bond donors (Lipinski definition) is 0. The number of para-hydroxylation sites is 2. The van der Waals surface area contributed by atoms with E-state index >= 15 is 0 Å². The third kappa shape index (κ3) is 5.02. The molecule has 0 aliphatic carbocycles. The maximum Gasteiger partial charge on any atom is 0.227 e. The van der Waals surface area contributed by atoms with Crippen LogP contribution in [0.25, 0.3) is 11.0 Å². The Kier molecular flexibility index (Phi) is 6.70. The van der Waals surface area contributed by atoms with Crippen LogP contribution in [0.15, 0.2) is 72.8 Å². The summed E-state index contributed by atoms with van der Waals surface area (Å²) in [5.41, 5.74) is 4.25. The predicted octanol–water partition coefficient (Wildman–Crippen LogP) is 5.73. The smallest absolute Gasteiger partial charge is 0.227 e. The minimum Gasteiger partial charge on any atom is -0.497 e. The second-order valence-corrected chi connectivity index (χ2v) is 9.09. The van der Waals surface area contributed by atoms with Gasteiger partial charge in [-0.05, 0) is 56.2 Å². The summed E-state index contributed by atoms with van der Waals surface area (Å²) in [6.45, 7) is 4.19. The summed E-state index contributed by atoms with van der Waals surface area (Å²) in [5.74, 6) is 2.85. The Balaban J connectivity index is 1.28. The molecule has 4 aromatic rings. The summed E-state index contributed by atoms with van der Waals surface area (Å²) in [6, 6.07) is 24.1. The first-order valence-electron chi connectivity index (χ1n) is 12.2. The molecular formula is C29H31N3O3. The normalized spacial score (nSPS) is 15.7. The summed E-state index contributed by atoms with van der Waals surface area (Å²) in [7, 11) is 1.66. The van der Waals surface area contributed by atoms with Gasteiger partial charge in [0.05, 0.1) is 24.8 Å². The molecule has 1 aliphatic heterocycles. The molecule has 3 aromatic carbocycles. The third-order valence-corrected chi connectivity index (χ3v) is 6.61. The van der Waals surface area contributed by atoms with Crippen molar-refractivity contribution in [3.05, 3.63) is 84.2 Å². The van der Waals surface area contributed by atoms with E-state index in [9.17, 15) is 4.79 Å². The number of amides is 1. The van der Waals surface area contributed by atoms with Crippen LogP contribution in [0.2, 0.25) is 0 Å². The van der Waals surface area contributed by atoms with Crippen LogP contribution >= 0.6 is 0 Å². The van der Waals surface area contributed by atoms with Gasteiger partial charge in [-0.15, -0.1) is 0 Å². The zero-order valence-electron chi connectivity index (χ0n) is 20.3. The van der Waals surface area contributed by atoms with E-state index < -0.39 is 0 Å². The first-order valence-corrected chi connectivity index (χ1v) is 12.2. The van der Waals surface area contributed by atoms with Gasteiger partial charge in [-0.1, -0.05) is 35.9 Å². The van der Waals surface area contributed by atoms with E-state index in [4.69, 9.17) is 14.5 Å². The van der Waals surface area contributed by atoms with Gasteiger partial charge in [0.2, 0.25) is 5.91 Å². The van der Waals surface area contributed by atoms with Crippen molar-refractivity contribution < 1.29 is 14.3 Å². The summed E-state index contributed by atoms with van der Waals surface area (Å²) in [5, 5.41) is 0. The number of nitrogens with zero attached hydrogens (tertiary/aromatic N) is 3. The number of ether oxygens (including phenoxy) is 2. The number of rotatable bonds is 9. The number of carbonyl (C=O) groups excluding carboxylic acids is 1. The molecule has 6 heteroatoms. The van der Waals surface area contributed by atoms with Crippen LogP contribution in [0.5, 0.6) is 11.5 Å². The highest BCUT2D eigenvalue weighted by Crippen LogP contribution is 2.33. The highest BCUT2D eigenvalue weighted by Gasteiger charge is 2.34. The monoisotopic (exact) mass is 469 g/mol. The lowest BCUT2D eigenvalue weighted by Gasteiger charge is -2.18. The van der Waals surface area contributed by atoms with Crippen molar-refractivity contribution in [1.29, 1.82) is 0 Å². The van der Waals surface area contributed by atoms with Crippen molar-refractivity contribution in [2.75, 3.05) is 25.2 Å². The summed E-state index contributed by atoms with van der Waals surface area (Å²) in [4.78, 5) is 19.8. The Labute approximate surface area is 206 Å². The van der Waals surface area contributed by atoms with Crippen LogP contribution in [0.4, 0.5) is 5.69 Å². The predicted molar refractivity (Wildman–Crippen MR) is 138 cm³/mol. The number of fused-ring (bicyclic) bond motifs is 1. The second-order valence-electron chi connectivity index (χ2n) is 9.09. The van der Waals surface area contributed by atoms with Crippen LogP contribution in [-0.4, -0.2) is 35.7 Å². The zero-order chi connectivity index (χ0) is 24.2. The number of benzene rings is 3. The van der Waals surface area contributed by atoms with E-state index in [1.165, 1.54) is 5.56 Å². The Bertz CT molecular complexity index is 1310. The van der Waals surface area contributed by atoms with Gasteiger partial charge in [0.1, 0.15) is 17.3 Å². The van der Waals surface area contributed by atoms with Crippen LogP contribution in [0.3, 0.4) is 0 Å². The number of methoxy groups -OCH3 is 1. The maximum atomic E-state index is 12.9. The molecule has 0 bridgehead atoms. The van der Waals surface area contributed by atoms with E-state index in [0.29, 0.717) is 19.6 Å². The average Bonchev–Trinajstić information content (AvgIpc) is 3.45. The van der Waals surface area contributed by atoms with Crippen LogP contribution in [0, 0.1) is 6.92 Å². The van der Waals surface area contributed by atoms with Gasteiger partial charge in [0.15, 0.2) is 0 Å². The van der Waals surface area contributed by atoms with Crippen molar-refractivity contribution in [1.82, 2.24) is 9.55 Å². The minimum absolute atomic E-state index is 0.0734. The Morgan fingerprint density at radius 3 is 2.60 bits per heavy atom. The number of imidazole rings is 1. The van der Waals surface area contributed by atoms with Crippen molar-refractivity contribution in [2.24, 2.45) is 0 Å². The molecule has 0 spiro atoms. The Hall–Kier alpha value is -3.80. The second kappa shape index (κ2) is 10.2. The van der Waals surface area contributed by atoms with E-state index in [0.717, 1.165) is 53.4 Å². The largest absolute Gasteiger partial charge is 0.497 e. The van der Waals surface area contributed by atoms with Gasteiger partial charge < -0.3 is 18.9 Å². The molecule has 35 heavy (non-hydrogen) atoms. The molecule has 1 aliphatic rings. The molecule has 1 fully saturated rings. The highest BCUT2D eigenvalue weighted by atomic mass is 16.5. The fourth-order valence-corrected chi connectivity index (χ4v) is 4.75. The summed E-state index contributed by atoms with van der Waals surface area (Å²) >= 11 is 0. The number of aryl methyl sites for hydroxylation is 2. The fourth-order valence-electron chi connectivity index (χ4n) is 4.75. The van der Waals surface area contributed by atoms with Gasteiger partial charge in [-0.3, -0.25) is 4.79 Å². The molecule has 0 unspecified atom stereocenters. The van der Waals surface area contributed by atoms with E-state index in [1.54, 1.807) is 7.11 Å². The molecule has 1 amide bonds. The van der Waals surface area contributed by atoms with Crippen molar-refractivity contribution in [3.63, 3.8) is 0 Å². The molecule has 2 heterocycles. The van der Waals surface area contributed by atoms with Gasteiger partial charge in [0.25, 0.3) is 0 Å². The molecule has 1 atom stereocenters. The van der Waals surface area contributed by atoms with Crippen molar-refractivity contribution in [2.45, 2.75) is 38.6 Å². The van der Waals surface area contributed by atoms with Gasteiger partial charge in [-0.25, -0.2) is 4.98 Å². The molecule has 6 nitrogen and oxygen atoms in total. The lowest BCUT2D eigenvalue weighted by atomic mass is 10.1. The van der Waals surface area contributed by atoms with E-state index in [-0.39, 0.29) is 11.8 Å². The molecule has 1 aromatic heterocycles. The molecule has 5 rings (SSSR count). The fraction of sp³-hybridized carbons (Fsp3) is 0.310. The number of aromatic nitrogens is 2. The Morgan fingerprint density at radius 1 is 0.971 bits per heavy atom. The standard InChI is InChI=1S/C29H31N3O3/c1-21-12-14-23(15-13-21)32-20-22(18-28(32)33)29-30-26-10-3-4-11-27(26)31(29)16-5-6-17-35-25-9-7-8-24(19-25)34-2/h3-4,7-15,19,22H,5-6,16-18,20H2,1-2H3/t22-/m0/s1. The average molecular weight is 470 g/mol. The molecule has 0 N–H and O–H groups in total. The van der Waals surface area contributed by atoms with Crippen molar-refractivity contribution >= 4 is 22.6 Å². The van der Waals surface area contributed by atoms with Gasteiger partial charge in [-0.2, -0.15) is 0 Å². The third-order valence-electron chi connectivity index (χ3n) is 6.61.